The molecule has 0 unspecified atom stereocenters. The maximum absolute atomic E-state index is 13.1. The monoisotopic (exact) mass is 481 g/mol. The Bertz CT molecular complexity index is 1200. The molecule has 9 nitrogen and oxygen atoms in total. The number of benzene rings is 2. The van der Waals surface area contributed by atoms with E-state index in [2.05, 4.69) is 5.32 Å². The Labute approximate surface area is 189 Å². The summed E-state index contributed by atoms with van der Waals surface area (Å²) < 4.78 is 58.9. The first kappa shape index (κ1) is 24.3. The predicted octanol–water partition coefficient (Wildman–Crippen LogP) is 1.99. The zero-order valence-corrected chi connectivity index (χ0v) is 20.0. The Kier molecular flexibility index (Phi) is 7.06. The summed E-state index contributed by atoms with van der Waals surface area (Å²) in [5, 5.41) is 2.63. The van der Waals surface area contributed by atoms with Gasteiger partial charge in [0, 0.05) is 38.4 Å². The Hall–Kier alpha value is -2.31. The van der Waals surface area contributed by atoms with Crippen molar-refractivity contribution in [3.63, 3.8) is 0 Å². The van der Waals surface area contributed by atoms with Gasteiger partial charge >= 0.3 is 0 Å². The second kappa shape index (κ2) is 9.28. The van der Waals surface area contributed by atoms with Crippen molar-refractivity contribution in [2.75, 3.05) is 32.5 Å². The van der Waals surface area contributed by atoms with Crippen LogP contribution in [0.2, 0.25) is 0 Å². The topological polar surface area (TPSA) is 113 Å². The molecule has 1 N–H and O–H groups in total. The van der Waals surface area contributed by atoms with Crippen LogP contribution in [0.3, 0.4) is 0 Å². The molecule has 0 spiro atoms. The number of anilines is 1. The lowest BCUT2D eigenvalue weighted by Crippen LogP contribution is -2.48. The van der Waals surface area contributed by atoms with Gasteiger partial charge in [0.1, 0.15) is 0 Å². The van der Waals surface area contributed by atoms with Gasteiger partial charge in [-0.2, -0.15) is 4.31 Å². The van der Waals surface area contributed by atoms with E-state index in [-0.39, 0.29) is 46.3 Å². The van der Waals surface area contributed by atoms with Crippen LogP contribution in [0.5, 0.6) is 0 Å². The number of nitrogens with one attached hydrogen (secondary N) is 1. The van der Waals surface area contributed by atoms with Crippen molar-refractivity contribution in [1.29, 1.82) is 0 Å². The van der Waals surface area contributed by atoms with Crippen LogP contribution in [-0.2, 0) is 24.8 Å². The maximum atomic E-state index is 13.1. The number of sulfonamides is 2. The molecule has 2 aromatic carbocycles. The smallest absolute Gasteiger partial charge is 0.255 e. The number of carbonyl (C=O) groups is 1. The van der Waals surface area contributed by atoms with Gasteiger partial charge in [0.25, 0.3) is 5.91 Å². The fraction of sp³-hybridized carbons (Fsp3) is 0.381. The van der Waals surface area contributed by atoms with Crippen LogP contribution in [-0.4, -0.2) is 70.7 Å². The molecule has 1 saturated heterocycles. The summed E-state index contributed by atoms with van der Waals surface area (Å²) in [6.07, 6.45) is -0.462. The molecule has 1 amide bonds. The summed E-state index contributed by atoms with van der Waals surface area (Å²) in [6, 6.07) is 11.6. The molecule has 2 aromatic rings. The van der Waals surface area contributed by atoms with Gasteiger partial charge in [-0.05, 0) is 50.2 Å². The fourth-order valence-corrected chi connectivity index (χ4v) is 6.01. The SMILES string of the molecule is C[C@@H]1CN(S(=O)(=O)c2cccc(C(=O)Nc3cccc(S(=O)(=O)N(C)C)c3)c2)C[C@H](C)O1. The summed E-state index contributed by atoms with van der Waals surface area (Å²) in [5.74, 6) is -0.551. The molecule has 2 atom stereocenters. The van der Waals surface area contributed by atoms with Crippen LogP contribution in [0.4, 0.5) is 5.69 Å². The van der Waals surface area contributed by atoms with E-state index in [1.54, 1.807) is 6.07 Å². The lowest BCUT2D eigenvalue weighted by Gasteiger charge is -2.34. The van der Waals surface area contributed by atoms with Crippen LogP contribution >= 0.6 is 0 Å². The molecular weight excluding hydrogens is 454 g/mol. The summed E-state index contributed by atoms with van der Waals surface area (Å²) in [4.78, 5) is 12.8. The molecule has 1 aliphatic rings. The van der Waals surface area contributed by atoms with E-state index in [0.717, 1.165) is 4.31 Å². The second-order valence-corrected chi connectivity index (χ2v) is 12.0. The minimum Gasteiger partial charge on any atom is -0.373 e. The summed E-state index contributed by atoms with van der Waals surface area (Å²) in [6.45, 7) is 4.09. The molecule has 0 bridgehead atoms. The first-order valence-electron chi connectivity index (χ1n) is 10.0. The van der Waals surface area contributed by atoms with Crippen molar-refractivity contribution in [3.8, 4) is 0 Å². The maximum Gasteiger partial charge on any atom is 0.255 e. The molecule has 3 rings (SSSR count). The quantitative estimate of drug-likeness (QED) is 0.675. The summed E-state index contributed by atoms with van der Waals surface area (Å²) in [5.41, 5.74) is 0.420. The molecule has 0 radical (unpaired) electrons. The van der Waals surface area contributed by atoms with Crippen molar-refractivity contribution in [3.05, 3.63) is 54.1 Å². The normalized spacial score (nSPS) is 20.3. The van der Waals surface area contributed by atoms with Crippen LogP contribution in [0, 0.1) is 0 Å². The second-order valence-electron chi connectivity index (χ2n) is 7.88. The standard InChI is InChI=1S/C21H27N3O6S2/c1-15-13-24(14-16(2)30-15)32(28,29)19-9-5-7-17(11-19)21(25)22-18-8-6-10-20(12-18)31(26,27)23(3)4/h5-12,15-16H,13-14H2,1-4H3,(H,22,25)/t15-,16+. The fourth-order valence-electron chi connectivity index (χ4n) is 3.42. The molecule has 174 valence electrons. The summed E-state index contributed by atoms with van der Waals surface area (Å²) >= 11 is 0. The highest BCUT2D eigenvalue weighted by atomic mass is 32.2. The third-order valence-electron chi connectivity index (χ3n) is 4.99. The Morgan fingerprint density at radius 3 is 2.19 bits per heavy atom. The average Bonchev–Trinajstić information content (AvgIpc) is 2.73. The van der Waals surface area contributed by atoms with E-state index >= 15 is 0 Å². The van der Waals surface area contributed by atoms with Crippen LogP contribution in [0.25, 0.3) is 0 Å². The highest BCUT2D eigenvalue weighted by Crippen LogP contribution is 2.23. The highest BCUT2D eigenvalue weighted by molar-refractivity contribution is 7.89. The molecule has 32 heavy (non-hydrogen) atoms. The van der Waals surface area contributed by atoms with Gasteiger partial charge in [0.2, 0.25) is 20.0 Å². The molecular formula is C21H27N3O6S2. The molecule has 1 fully saturated rings. The zero-order valence-electron chi connectivity index (χ0n) is 18.3. The first-order chi connectivity index (χ1) is 14.9. The number of carbonyl (C=O) groups excluding carboxylic acids is 1. The Morgan fingerprint density at radius 1 is 0.969 bits per heavy atom. The van der Waals surface area contributed by atoms with Crippen molar-refractivity contribution in [1.82, 2.24) is 8.61 Å². The first-order valence-corrected chi connectivity index (χ1v) is 12.9. The molecule has 1 aliphatic heterocycles. The van der Waals surface area contributed by atoms with Gasteiger partial charge in [-0.15, -0.1) is 0 Å². The number of rotatable bonds is 6. The lowest BCUT2D eigenvalue weighted by atomic mass is 10.2. The number of hydrogen-bond acceptors (Lipinski definition) is 6. The van der Waals surface area contributed by atoms with Crippen molar-refractivity contribution < 1.29 is 26.4 Å². The minimum absolute atomic E-state index is 0.00962. The van der Waals surface area contributed by atoms with E-state index in [1.165, 1.54) is 60.9 Å². The summed E-state index contributed by atoms with van der Waals surface area (Å²) in [7, 11) is -4.63. The van der Waals surface area contributed by atoms with Gasteiger partial charge < -0.3 is 10.1 Å². The van der Waals surface area contributed by atoms with E-state index in [9.17, 15) is 21.6 Å². The molecule has 1 heterocycles. The van der Waals surface area contributed by atoms with Gasteiger partial charge in [-0.3, -0.25) is 4.79 Å². The van der Waals surface area contributed by atoms with Crippen molar-refractivity contribution in [2.24, 2.45) is 0 Å². The molecule has 0 aliphatic carbocycles. The minimum atomic E-state index is -3.80. The van der Waals surface area contributed by atoms with E-state index < -0.39 is 26.0 Å². The van der Waals surface area contributed by atoms with Crippen LogP contribution in [0.15, 0.2) is 58.3 Å². The van der Waals surface area contributed by atoms with E-state index in [1.807, 2.05) is 13.8 Å². The largest absolute Gasteiger partial charge is 0.373 e. The van der Waals surface area contributed by atoms with Crippen molar-refractivity contribution in [2.45, 2.75) is 35.8 Å². The third kappa shape index (κ3) is 5.18. The zero-order chi connectivity index (χ0) is 23.7. The van der Waals surface area contributed by atoms with E-state index in [0.29, 0.717) is 0 Å². The van der Waals surface area contributed by atoms with Gasteiger partial charge in [0.05, 0.1) is 22.0 Å². The number of ether oxygens (including phenoxy) is 1. The van der Waals surface area contributed by atoms with Gasteiger partial charge in [-0.25, -0.2) is 21.1 Å². The predicted molar refractivity (Wildman–Crippen MR) is 120 cm³/mol. The highest BCUT2D eigenvalue weighted by Gasteiger charge is 2.32. The third-order valence-corrected chi connectivity index (χ3v) is 8.63. The van der Waals surface area contributed by atoms with Crippen LogP contribution < -0.4 is 5.32 Å². The number of nitrogens with zero attached hydrogens (tertiary/aromatic N) is 2. The van der Waals surface area contributed by atoms with E-state index in [4.69, 9.17) is 4.74 Å². The number of amides is 1. The van der Waals surface area contributed by atoms with Gasteiger partial charge in [0.15, 0.2) is 0 Å². The Balaban J connectivity index is 1.84. The van der Waals surface area contributed by atoms with Crippen molar-refractivity contribution >= 4 is 31.6 Å². The van der Waals surface area contributed by atoms with Crippen LogP contribution in [0.1, 0.15) is 24.2 Å². The number of hydrogen-bond donors (Lipinski definition) is 1. The van der Waals surface area contributed by atoms with Gasteiger partial charge in [-0.1, -0.05) is 12.1 Å². The number of morpholine rings is 1. The molecule has 11 heteroatoms. The Morgan fingerprint density at radius 2 is 1.56 bits per heavy atom. The lowest BCUT2D eigenvalue weighted by molar-refractivity contribution is -0.0440. The molecule has 0 aromatic heterocycles. The molecule has 0 saturated carbocycles. The average molecular weight is 482 g/mol.